The molecule has 0 saturated heterocycles. The highest BCUT2D eigenvalue weighted by atomic mass is 19.1. The van der Waals surface area contributed by atoms with Crippen LogP contribution in [0.1, 0.15) is 44.9 Å². The summed E-state index contributed by atoms with van der Waals surface area (Å²) in [5.41, 5.74) is 1.97. The van der Waals surface area contributed by atoms with Crippen LogP contribution in [0.5, 0.6) is 0 Å². The number of aryl methyl sites for hydroxylation is 1. The zero-order chi connectivity index (χ0) is 14.9. The normalized spacial score (nSPS) is 18.2. The average Bonchev–Trinajstić information content (AvgIpc) is 2.84. The molecule has 3 nitrogen and oxygen atoms in total. The van der Waals surface area contributed by atoms with Gasteiger partial charge in [0.2, 0.25) is 0 Å². The molecule has 0 aliphatic heterocycles. The summed E-state index contributed by atoms with van der Waals surface area (Å²) in [6, 6.07) is 4.88. The molecule has 0 spiro atoms. The van der Waals surface area contributed by atoms with E-state index in [1.54, 1.807) is 12.1 Å². The fraction of sp³-hybridized carbons (Fsp3) is 0.588. The first-order valence-corrected chi connectivity index (χ1v) is 8.01. The summed E-state index contributed by atoms with van der Waals surface area (Å²) in [5.74, 6) is 0.888. The maximum Gasteiger partial charge on any atom is 0.125 e. The standard InChI is InChI=1S/C17H24FN3/c1-3-21-15-11-13(18)7-8-14(15)20-16(21)12-17(19-2)9-5-4-6-10-17/h7-8,11,19H,3-6,9-10,12H2,1-2H3. The Hall–Kier alpha value is -1.42. The highest BCUT2D eigenvalue weighted by Crippen LogP contribution is 2.31. The molecule has 1 aromatic carbocycles. The number of likely N-dealkylation sites (N-methyl/N-ethyl adjacent to an activating group) is 1. The number of rotatable bonds is 4. The van der Waals surface area contributed by atoms with Gasteiger partial charge < -0.3 is 9.88 Å². The van der Waals surface area contributed by atoms with Crippen molar-refractivity contribution in [3.63, 3.8) is 0 Å². The Morgan fingerprint density at radius 2 is 2.05 bits per heavy atom. The summed E-state index contributed by atoms with van der Waals surface area (Å²) < 4.78 is 15.7. The predicted molar refractivity (Wildman–Crippen MR) is 83.9 cm³/mol. The summed E-state index contributed by atoms with van der Waals surface area (Å²) in [7, 11) is 2.06. The highest BCUT2D eigenvalue weighted by Gasteiger charge is 2.32. The monoisotopic (exact) mass is 289 g/mol. The molecule has 0 radical (unpaired) electrons. The molecule has 114 valence electrons. The number of hydrogen-bond donors (Lipinski definition) is 1. The second-order valence-electron chi connectivity index (χ2n) is 6.17. The first-order valence-electron chi connectivity index (χ1n) is 8.01. The number of aromatic nitrogens is 2. The van der Waals surface area contributed by atoms with Crippen molar-refractivity contribution in [3.8, 4) is 0 Å². The van der Waals surface area contributed by atoms with Crippen LogP contribution in [0.25, 0.3) is 11.0 Å². The van der Waals surface area contributed by atoms with Crippen LogP contribution in [0, 0.1) is 5.82 Å². The second kappa shape index (κ2) is 5.76. The molecular weight excluding hydrogens is 265 g/mol. The van der Waals surface area contributed by atoms with E-state index in [4.69, 9.17) is 4.98 Å². The molecule has 1 N–H and O–H groups in total. The van der Waals surface area contributed by atoms with Gasteiger partial charge in [-0.15, -0.1) is 0 Å². The average molecular weight is 289 g/mol. The number of benzene rings is 1. The molecule has 4 heteroatoms. The Bertz CT molecular complexity index is 626. The molecule has 1 aliphatic rings. The zero-order valence-corrected chi connectivity index (χ0v) is 13.0. The van der Waals surface area contributed by atoms with Gasteiger partial charge in [0.15, 0.2) is 0 Å². The topological polar surface area (TPSA) is 29.9 Å². The molecule has 1 fully saturated rings. The van der Waals surface area contributed by atoms with Crippen molar-refractivity contribution in [2.24, 2.45) is 0 Å². The van der Waals surface area contributed by atoms with Gasteiger partial charge in [0.1, 0.15) is 11.6 Å². The quantitative estimate of drug-likeness (QED) is 0.931. The van der Waals surface area contributed by atoms with E-state index in [0.29, 0.717) is 0 Å². The Kier molecular flexibility index (Phi) is 3.98. The van der Waals surface area contributed by atoms with Crippen LogP contribution in [0.3, 0.4) is 0 Å². The first kappa shape index (κ1) is 14.5. The van der Waals surface area contributed by atoms with E-state index < -0.39 is 0 Å². The number of fused-ring (bicyclic) bond motifs is 1. The van der Waals surface area contributed by atoms with Crippen molar-refractivity contribution < 1.29 is 4.39 Å². The molecule has 1 aliphatic carbocycles. The van der Waals surface area contributed by atoms with E-state index in [-0.39, 0.29) is 11.4 Å². The van der Waals surface area contributed by atoms with E-state index >= 15 is 0 Å². The Morgan fingerprint density at radius 1 is 1.29 bits per heavy atom. The summed E-state index contributed by atoms with van der Waals surface area (Å²) in [4.78, 5) is 4.77. The van der Waals surface area contributed by atoms with Gasteiger partial charge in [0.25, 0.3) is 0 Å². The minimum atomic E-state index is -0.190. The number of nitrogens with zero attached hydrogens (tertiary/aromatic N) is 2. The maximum atomic E-state index is 13.5. The molecule has 2 aromatic rings. The van der Waals surface area contributed by atoms with Crippen LogP contribution in [0.15, 0.2) is 18.2 Å². The van der Waals surface area contributed by atoms with E-state index in [2.05, 4.69) is 23.9 Å². The van der Waals surface area contributed by atoms with Crippen LogP contribution in [0.4, 0.5) is 4.39 Å². The molecule has 3 rings (SSSR count). The van der Waals surface area contributed by atoms with E-state index in [0.717, 1.165) is 29.8 Å². The number of hydrogen-bond acceptors (Lipinski definition) is 2. The van der Waals surface area contributed by atoms with E-state index in [1.807, 2.05) is 0 Å². The lowest BCUT2D eigenvalue weighted by molar-refractivity contribution is 0.239. The highest BCUT2D eigenvalue weighted by molar-refractivity contribution is 5.76. The molecule has 0 atom stereocenters. The lowest BCUT2D eigenvalue weighted by Gasteiger charge is -2.37. The summed E-state index contributed by atoms with van der Waals surface area (Å²) in [6.07, 6.45) is 7.21. The fourth-order valence-electron chi connectivity index (χ4n) is 3.68. The molecule has 1 aromatic heterocycles. The zero-order valence-electron chi connectivity index (χ0n) is 13.0. The van der Waals surface area contributed by atoms with Crippen LogP contribution < -0.4 is 5.32 Å². The van der Waals surface area contributed by atoms with Gasteiger partial charge in [-0.2, -0.15) is 0 Å². The van der Waals surface area contributed by atoms with Gasteiger partial charge >= 0.3 is 0 Å². The van der Waals surface area contributed by atoms with Gasteiger partial charge in [-0.05, 0) is 45.0 Å². The Labute approximate surface area is 125 Å². The molecule has 21 heavy (non-hydrogen) atoms. The largest absolute Gasteiger partial charge is 0.328 e. The molecule has 1 saturated carbocycles. The van der Waals surface area contributed by atoms with Crippen LogP contribution in [-0.2, 0) is 13.0 Å². The van der Waals surface area contributed by atoms with E-state index in [1.165, 1.54) is 38.2 Å². The summed E-state index contributed by atoms with van der Waals surface area (Å²) in [6.45, 7) is 2.93. The number of imidazole rings is 1. The molecule has 0 amide bonds. The smallest absolute Gasteiger partial charge is 0.125 e. The lowest BCUT2D eigenvalue weighted by Crippen LogP contribution is -2.47. The van der Waals surface area contributed by atoms with Gasteiger partial charge in [0, 0.05) is 18.5 Å². The third-order valence-corrected chi connectivity index (χ3v) is 4.94. The SMILES string of the molecule is CCn1c(CC2(NC)CCCCC2)nc2ccc(F)cc21. The van der Waals surface area contributed by atoms with Gasteiger partial charge in [-0.25, -0.2) is 9.37 Å². The van der Waals surface area contributed by atoms with Gasteiger partial charge in [-0.1, -0.05) is 19.3 Å². The minimum absolute atomic E-state index is 0.158. The Morgan fingerprint density at radius 3 is 2.71 bits per heavy atom. The molecular formula is C17H24FN3. The predicted octanol–water partition coefficient (Wildman–Crippen LogP) is 3.66. The van der Waals surface area contributed by atoms with Crippen molar-refractivity contribution in [2.75, 3.05) is 7.05 Å². The maximum absolute atomic E-state index is 13.5. The van der Waals surface area contributed by atoms with Crippen molar-refractivity contribution in [2.45, 2.75) is 57.5 Å². The fourth-order valence-corrected chi connectivity index (χ4v) is 3.68. The van der Waals surface area contributed by atoms with Crippen LogP contribution in [0.2, 0.25) is 0 Å². The van der Waals surface area contributed by atoms with Crippen molar-refractivity contribution in [1.82, 2.24) is 14.9 Å². The van der Waals surface area contributed by atoms with Crippen molar-refractivity contribution >= 4 is 11.0 Å². The lowest BCUT2D eigenvalue weighted by atomic mass is 9.79. The summed E-state index contributed by atoms with van der Waals surface area (Å²) >= 11 is 0. The first-order chi connectivity index (χ1) is 10.2. The summed E-state index contributed by atoms with van der Waals surface area (Å²) in [5, 5.41) is 3.55. The Balaban J connectivity index is 1.99. The van der Waals surface area contributed by atoms with Crippen LogP contribution in [-0.4, -0.2) is 22.1 Å². The van der Waals surface area contributed by atoms with Crippen LogP contribution >= 0.6 is 0 Å². The van der Waals surface area contributed by atoms with Gasteiger partial charge in [-0.3, -0.25) is 0 Å². The minimum Gasteiger partial charge on any atom is -0.328 e. The second-order valence-corrected chi connectivity index (χ2v) is 6.17. The van der Waals surface area contributed by atoms with Crippen molar-refractivity contribution in [3.05, 3.63) is 29.8 Å². The van der Waals surface area contributed by atoms with Crippen molar-refractivity contribution in [1.29, 1.82) is 0 Å². The number of nitrogens with one attached hydrogen (secondary N) is 1. The van der Waals surface area contributed by atoms with E-state index in [9.17, 15) is 4.39 Å². The van der Waals surface area contributed by atoms with Gasteiger partial charge in [0.05, 0.1) is 11.0 Å². The molecule has 0 bridgehead atoms. The number of halogens is 1. The third-order valence-electron chi connectivity index (χ3n) is 4.94. The molecule has 0 unspecified atom stereocenters. The molecule has 1 heterocycles. The third kappa shape index (κ3) is 2.69.